The molecule has 3 unspecified atom stereocenters. The average molecular weight is 532 g/mol. The zero-order valence-electron chi connectivity index (χ0n) is 23.0. The molecule has 2 rings (SSSR count). The van der Waals surface area contributed by atoms with Gasteiger partial charge in [0.15, 0.2) is 0 Å². The van der Waals surface area contributed by atoms with E-state index in [1.807, 2.05) is 51.1 Å². The number of carboxylic acids is 1. The highest BCUT2D eigenvalue weighted by Crippen LogP contribution is 2.21. The summed E-state index contributed by atoms with van der Waals surface area (Å²) in [4.78, 5) is 43.2. The fourth-order valence-corrected chi connectivity index (χ4v) is 4.92. The molecule has 0 aliphatic heterocycles. The number of aryl methyl sites for hydroxylation is 1. The van der Waals surface area contributed by atoms with Crippen LogP contribution in [0.2, 0.25) is 0 Å². The van der Waals surface area contributed by atoms with Gasteiger partial charge in [0.2, 0.25) is 0 Å². The molecule has 3 atom stereocenters. The number of amides is 2. The van der Waals surface area contributed by atoms with Gasteiger partial charge in [0.25, 0.3) is 5.91 Å². The zero-order chi connectivity index (χ0) is 27.8. The Hall–Kier alpha value is -2.94. The molecule has 0 radical (unpaired) electrons. The van der Waals surface area contributed by atoms with Gasteiger partial charge in [-0.25, -0.2) is 9.78 Å². The van der Waals surface area contributed by atoms with E-state index in [4.69, 9.17) is 4.74 Å². The van der Waals surface area contributed by atoms with Crippen molar-refractivity contribution in [2.45, 2.75) is 84.9 Å². The van der Waals surface area contributed by atoms with Gasteiger partial charge >= 0.3 is 12.1 Å². The molecule has 8 nitrogen and oxygen atoms in total. The van der Waals surface area contributed by atoms with E-state index in [-0.39, 0.29) is 30.0 Å². The van der Waals surface area contributed by atoms with E-state index in [9.17, 15) is 19.5 Å². The van der Waals surface area contributed by atoms with E-state index >= 15 is 0 Å². The summed E-state index contributed by atoms with van der Waals surface area (Å²) in [6.07, 6.45) is 1.81. The van der Waals surface area contributed by atoms with Gasteiger partial charge in [-0.15, -0.1) is 11.3 Å². The molecular weight excluding hydrogens is 490 g/mol. The van der Waals surface area contributed by atoms with Gasteiger partial charge in [0.1, 0.15) is 11.3 Å². The first kappa shape index (κ1) is 30.3. The van der Waals surface area contributed by atoms with Gasteiger partial charge in [-0.2, -0.15) is 0 Å². The number of carbonyl (C=O) groups is 3. The van der Waals surface area contributed by atoms with E-state index in [2.05, 4.69) is 24.1 Å². The third-order valence-corrected chi connectivity index (χ3v) is 7.02. The third-order valence-electron chi connectivity index (χ3n) is 6.11. The SMILES string of the molecule is CC(CC(Cc1ccccc1)NC(=O)c1csc(CCC(C(C)C)N(C)C(=O)OC(C)(C)C)n1)C(=O)O. The topological polar surface area (TPSA) is 109 Å². The summed E-state index contributed by atoms with van der Waals surface area (Å²) in [7, 11) is 1.75. The van der Waals surface area contributed by atoms with Crippen LogP contribution in [0.1, 0.15) is 75.4 Å². The second-order valence-electron chi connectivity index (χ2n) is 10.9. The summed E-state index contributed by atoms with van der Waals surface area (Å²) < 4.78 is 5.52. The van der Waals surface area contributed by atoms with Gasteiger partial charge in [-0.1, -0.05) is 51.1 Å². The van der Waals surface area contributed by atoms with Crippen LogP contribution in [0, 0.1) is 11.8 Å². The van der Waals surface area contributed by atoms with Gasteiger partial charge in [0, 0.05) is 30.9 Å². The molecule has 37 heavy (non-hydrogen) atoms. The standard InChI is InChI=1S/C28H41N3O5S/c1-18(2)23(31(7)27(35)36-28(4,5)6)13-14-24-30-22(17-37-24)25(32)29-21(15-19(3)26(33)34)16-20-11-9-8-10-12-20/h8-12,17-19,21,23H,13-16H2,1-7H3,(H,29,32)(H,33,34). The Kier molecular flexibility index (Phi) is 11.1. The van der Waals surface area contributed by atoms with Gasteiger partial charge in [0.05, 0.1) is 10.9 Å². The van der Waals surface area contributed by atoms with E-state index in [1.54, 1.807) is 24.3 Å². The fraction of sp³-hybridized carbons (Fsp3) is 0.571. The molecule has 1 aromatic heterocycles. The molecule has 1 aromatic carbocycles. The van der Waals surface area contributed by atoms with Crippen LogP contribution in [0.25, 0.3) is 0 Å². The van der Waals surface area contributed by atoms with E-state index in [0.29, 0.717) is 31.4 Å². The van der Waals surface area contributed by atoms with Crippen LogP contribution < -0.4 is 5.32 Å². The van der Waals surface area contributed by atoms with Crippen molar-refractivity contribution in [1.29, 1.82) is 0 Å². The molecule has 204 valence electrons. The summed E-state index contributed by atoms with van der Waals surface area (Å²) in [6, 6.07) is 9.32. The van der Waals surface area contributed by atoms with Crippen molar-refractivity contribution in [3.8, 4) is 0 Å². The highest BCUT2D eigenvalue weighted by Gasteiger charge is 2.28. The molecule has 0 spiro atoms. The lowest BCUT2D eigenvalue weighted by molar-refractivity contribution is -0.141. The van der Waals surface area contributed by atoms with Gasteiger partial charge in [-0.3, -0.25) is 9.59 Å². The number of nitrogens with one attached hydrogen (secondary N) is 1. The number of carboxylic acid groups (broad SMARTS) is 1. The van der Waals surface area contributed by atoms with Crippen LogP contribution in [0.4, 0.5) is 4.79 Å². The smallest absolute Gasteiger partial charge is 0.410 e. The van der Waals surface area contributed by atoms with Crippen LogP contribution in [0.3, 0.4) is 0 Å². The number of aliphatic carboxylic acids is 1. The number of thiazole rings is 1. The van der Waals surface area contributed by atoms with Crippen molar-refractivity contribution in [2.75, 3.05) is 7.05 Å². The summed E-state index contributed by atoms with van der Waals surface area (Å²) in [5, 5.41) is 14.9. The molecule has 2 N–H and O–H groups in total. The molecule has 0 bridgehead atoms. The maximum Gasteiger partial charge on any atom is 0.410 e. The second kappa shape index (κ2) is 13.6. The third kappa shape index (κ3) is 10.1. The lowest BCUT2D eigenvalue weighted by Gasteiger charge is -2.33. The van der Waals surface area contributed by atoms with Gasteiger partial charge < -0.3 is 20.1 Å². The summed E-state index contributed by atoms with van der Waals surface area (Å²) in [5.41, 5.74) is 0.784. The Morgan fingerprint density at radius 2 is 1.78 bits per heavy atom. The monoisotopic (exact) mass is 531 g/mol. The average Bonchev–Trinajstić information content (AvgIpc) is 3.27. The van der Waals surface area contributed by atoms with Crippen LogP contribution in [0.15, 0.2) is 35.7 Å². The predicted octanol–water partition coefficient (Wildman–Crippen LogP) is 5.42. The van der Waals surface area contributed by atoms with Crippen molar-refractivity contribution in [3.05, 3.63) is 52.0 Å². The Morgan fingerprint density at radius 1 is 1.14 bits per heavy atom. The second-order valence-corrected chi connectivity index (χ2v) is 11.8. The van der Waals surface area contributed by atoms with Crippen molar-refractivity contribution in [2.24, 2.45) is 11.8 Å². The first-order valence-electron chi connectivity index (χ1n) is 12.7. The van der Waals surface area contributed by atoms with Crippen molar-refractivity contribution in [1.82, 2.24) is 15.2 Å². The summed E-state index contributed by atoms with van der Waals surface area (Å²) in [6.45, 7) is 11.3. The maximum atomic E-state index is 13.0. The Bertz CT molecular complexity index is 1030. The maximum absolute atomic E-state index is 13.0. The minimum Gasteiger partial charge on any atom is -0.481 e. The number of carbonyl (C=O) groups excluding carboxylic acids is 2. The molecule has 0 fully saturated rings. The predicted molar refractivity (Wildman–Crippen MR) is 146 cm³/mol. The van der Waals surface area contributed by atoms with Crippen molar-refractivity contribution >= 4 is 29.3 Å². The highest BCUT2D eigenvalue weighted by molar-refractivity contribution is 7.09. The first-order chi connectivity index (χ1) is 17.3. The lowest BCUT2D eigenvalue weighted by atomic mass is 9.96. The number of rotatable bonds is 12. The molecule has 2 amide bonds. The highest BCUT2D eigenvalue weighted by atomic mass is 32.1. The molecule has 2 aromatic rings. The van der Waals surface area contributed by atoms with Crippen LogP contribution in [-0.2, 0) is 22.4 Å². The van der Waals surface area contributed by atoms with Crippen LogP contribution in [0.5, 0.6) is 0 Å². The molecule has 9 heteroatoms. The molecule has 0 saturated heterocycles. The van der Waals surface area contributed by atoms with Crippen molar-refractivity contribution in [3.63, 3.8) is 0 Å². The van der Waals surface area contributed by atoms with E-state index in [1.165, 1.54) is 11.3 Å². The quantitative estimate of drug-likeness (QED) is 0.379. The lowest BCUT2D eigenvalue weighted by Crippen LogP contribution is -2.43. The number of ether oxygens (including phenoxy) is 1. The normalized spacial score (nSPS) is 14.1. The number of aromatic nitrogens is 1. The molecule has 1 heterocycles. The molecule has 0 saturated carbocycles. The number of nitrogens with zero attached hydrogens (tertiary/aromatic N) is 2. The zero-order valence-corrected chi connectivity index (χ0v) is 23.8. The van der Waals surface area contributed by atoms with Gasteiger partial charge in [-0.05, 0) is 51.5 Å². The number of hydrogen-bond acceptors (Lipinski definition) is 6. The van der Waals surface area contributed by atoms with E-state index in [0.717, 1.165) is 10.6 Å². The summed E-state index contributed by atoms with van der Waals surface area (Å²) in [5.74, 6) is -1.57. The van der Waals surface area contributed by atoms with Crippen molar-refractivity contribution < 1.29 is 24.2 Å². The number of hydrogen-bond donors (Lipinski definition) is 2. The largest absolute Gasteiger partial charge is 0.481 e. The first-order valence-corrected chi connectivity index (χ1v) is 13.6. The summed E-state index contributed by atoms with van der Waals surface area (Å²) >= 11 is 1.41. The molecule has 0 aliphatic rings. The number of benzene rings is 1. The van der Waals surface area contributed by atoms with E-state index < -0.39 is 17.5 Å². The Balaban J connectivity index is 2.04. The fourth-order valence-electron chi connectivity index (χ4n) is 4.12. The Morgan fingerprint density at radius 3 is 2.35 bits per heavy atom. The molecule has 0 aliphatic carbocycles. The minimum absolute atomic E-state index is 0.0382. The Labute approximate surface area is 224 Å². The van der Waals surface area contributed by atoms with Crippen LogP contribution >= 0.6 is 11.3 Å². The van der Waals surface area contributed by atoms with Crippen LogP contribution in [-0.4, -0.2) is 57.7 Å². The molecular formula is C28H41N3O5S. The minimum atomic E-state index is -0.890.